The van der Waals surface area contributed by atoms with Gasteiger partial charge in [-0.25, -0.2) is 4.39 Å². The maximum atomic E-state index is 15.3. The Morgan fingerprint density at radius 1 is 1.19 bits per heavy atom. The predicted molar refractivity (Wildman–Crippen MR) is 123 cm³/mol. The average Bonchev–Trinajstić information content (AvgIpc) is 2.81. The van der Waals surface area contributed by atoms with E-state index in [2.05, 4.69) is 23.5 Å². The Kier molecular flexibility index (Phi) is 8.81. The van der Waals surface area contributed by atoms with Crippen LogP contribution in [0.2, 0.25) is 0 Å². The summed E-state index contributed by atoms with van der Waals surface area (Å²) in [6, 6.07) is 13.5. The summed E-state index contributed by atoms with van der Waals surface area (Å²) in [6.07, 6.45) is 6.48. The monoisotopic (exact) mass is 417 g/mol. The summed E-state index contributed by atoms with van der Waals surface area (Å²) in [7, 11) is 3.32. The molecule has 2 aromatic carbocycles. The number of nitrogens with zero attached hydrogens (tertiary/aromatic N) is 2. The summed E-state index contributed by atoms with van der Waals surface area (Å²) in [5.74, 6) is 0.373. The SMILES string of the molecule is C=C/C(=C\C=NC)COc1cccc(/C(NC)=C(/C=C)Oc2ccc(C#N)cc2)c1F. The molecule has 0 bridgehead atoms. The maximum absolute atomic E-state index is 15.3. The fraction of sp³-hybridized carbons (Fsp3) is 0.120. The topological polar surface area (TPSA) is 66.6 Å². The van der Waals surface area contributed by atoms with Gasteiger partial charge in [0.1, 0.15) is 12.4 Å². The highest BCUT2D eigenvalue weighted by Crippen LogP contribution is 2.28. The number of nitriles is 1. The summed E-state index contributed by atoms with van der Waals surface area (Å²) >= 11 is 0. The lowest BCUT2D eigenvalue weighted by atomic mass is 10.1. The number of halogens is 1. The summed E-state index contributed by atoms with van der Waals surface area (Å²) in [6.45, 7) is 7.65. The van der Waals surface area contributed by atoms with Crippen LogP contribution in [0.4, 0.5) is 4.39 Å². The number of nitrogens with one attached hydrogen (secondary N) is 1. The molecule has 0 atom stereocenters. The molecular weight excluding hydrogens is 393 g/mol. The third kappa shape index (κ3) is 6.18. The second-order valence-electron chi connectivity index (χ2n) is 6.19. The molecule has 0 heterocycles. The van der Waals surface area contributed by atoms with Crippen LogP contribution in [0, 0.1) is 17.1 Å². The molecule has 0 amide bonds. The second kappa shape index (κ2) is 11.8. The van der Waals surface area contributed by atoms with Gasteiger partial charge in [0.15, 0.2) is 17.3 Å². The lowest BCUT2D eigenvalue weighted by Gasteiger charge is -2.16. The first-order valence-corrected chi connectivity index (χ1v) is 9.45. The van der Waals surface area contributed by atoms with Gasteiger partial charge in [-0.05, 0) is 54.1 Å². The number of hydrogen-bond donors (Lipinski definition) is 1. The van der Waals surface area contributed by atoms with Gasteiger partial charge in [-0.2, -0.15) is 5.26 Å². The summed E-state index contributed by atoms with van der Waals surface area (Å²) < 4.78 is 26.8. The molecule has 0 radical (unpaired) electrons. The van der Waals surface area contributed by atoms with Gasteiger partial charge >= 0.3 is 0 Å². The third-order valence-corrected chi connectivity index (χ3v) is 4.22. The van der Waals surface area contributed by atoms with E-state index in [1.165, 1.54) is 6.08 Å². The van der Waals surface area contributed by atoms with Crippen LogP contribution in [-0.4, -0.2) is 26.9 Å². The van der Waals surface area contributed by atoms with E-state index in [0.717, 1.165) is 5.57 Å². The lowest BCUT2D eigenvalue weighted by molar-refractivity contribution is 0.335. The number of allylic oxidation sites excluding steroid dienone is 2. The minimum atomic E-state index is -0.540. The van der Waals surface area contributed by atoms with Crippen molar-refractivity contribution in [2.24, 2.45) is 4.99 Å². The van der Waals surface area contributed by atoms with E-state index in [0.29, 0.717) is 22.8 Å². The number of aliphatic imine (C=N–C) groups is 1. The number of benzene rings is 2. The predicted octanol–water partition coefficient (Wildman–Crippen LogP) is 5.04. The van der Waals surface area contributed by atoms with Gasteiger partial charge < -0.3 is 14.8 Å². The molecule has 0 saturated heterocycles. The fourth-order valence-corrected chi connectivity index (χ4v) is 2.63. The fourth-order valence-electron chi connectivity index (χ4n) is 2.63. The van der Waals surface area contributed by atoms with E-state index in [-0.39, 0.29) is 17.9 Å². The molecule has 5 nitrogen and oxygen atoms in total. The van der Waals surface area contributed by atoms with Gasteiger partial charge in [-0.1, -0.05) is 25.3 Å². The molecule has 0 aliphatic heterocycles. The first-order chi connectivity index (χ1) is 15.1. The molecule has 1 N–H and O–H groups in total. The minimum Gasteiger partial charge on any atom is -0.486 e. The van der Waals surface area contributed by atoms with E-state index in [1.54, 1.807) is 74.9 Å². The molecule has 158 valence electrons. The first-order valence-electron chi connectivity index (χ1n) is 9.45. The molecule has 0 aliphatic carbocycles. The molecule has 0 aromatic heterocycles. The van der Waals surface area contributed by atoms with Crippen LogP contribution in [-0.2, 0) is 0 Å². The van der Waals surface area contributed by atoms with Crippen molar-refractivity contribution in [2.45, 2.75) is 0 Å². The van der Waals surface area contributed by atoms with E-state index in [4.69, 9.17) is 14.7 Å². The normalized spacial score (nSPS) is 12.0. The summed E-state index contributed by atoms with van der Waals surface area (Å²) in [5.41, 5.74) is 1.94. The highest BCUT2D eigenvalue weighted by Gasteiger charge is 2.16. The number of rotatable bonds is 10. The van der Waals surface area contributed by atoms with Crippen LogP contribution in [0.3, 0.4) is 0 Å². The molecule has 0 unspecified atom stereocenters. The lowest BCUT2D eigenvalue weighted by Crippen LogP contribution is -2.13. The van der Waals surface area contributed by atoms with Gasteiger partial charge in [0.05, 0.1) is 17.3 Å². The zero-order chi connectivity index (χ0) is 22.6. The maximum Gasteiger partial charge on any atom is 0.174 e. The van der Waals surface area contributed by atoms with Crippen LogP contribution >= 0.6 is 0 Å². The second-order valence-corrected chi connectivity index (χ2v) is 6.19. The van der Waals surface area contributed by atoms with Crippen molar-refractivity contribution < 1.29 is 13.9 Å². The number of ether oxygens (including phenoxy) is 2. The molecule has 0 fully saturated rings. The quantitative estimate of drug-likeness (QED) is 0.334. The van der Waals surface area contributed by atoms with Crippen LogP contribution in [0.5, 0.6) is 11.5 Å². The third-order valence-electron chi connectivity index (χ3n) is 4.22. The van der Waals surface area contributed by atoms with Crippen molar-refractivity contribution in [1.29, 1.82) is 5.26 Å². The van der Waals surface area contributed by atoms with Gasteiger partial charge in [0.25, 0.3) is 0 Å². The molecule has 31 heavy (non-hydrogen) atoms. The number of hydrogen-bond acceptors (Lipinski definition) is 5. The van der Waals surface area contributed by atoms with Crippen molar-refractivity contribution in [2.75, 3.05) is 20.7 Å². The standard InChI is InChI=1S/C25H24FN3O2/c1-5-18(14-15-28-3)17-30-23-9-7-8-21(24(23)26)25(29-4)22(6-2)31-20-12-10-19(16-27)11-13-20/h5-15,29H,1-2,17H2,3-4H3/b18-14+,25-22+,28-15?. The molecule has 2 aromatic rings. The smallest absolute Gasteiger partial charge is 0.174 e. The Balaban J connectivity index is 2.36. The van der Waals surface area contributed by atoms with Crippen molar-refractivity contribution in [3.8, 4) is 17.6 Å². The Labute approximate surface area is 182 Å². The van der Waals surface area contributed by atoms with Crippen LogP contribution in [0.15, 0.2) is 90.2 Å². The Morgan fingerprint density at radius 3 is 2.52 bits per heavy atom. The van der Waals surface area contributed by atoms with Gasteiger partial charge in [-0.3, -0.25) is 4.99 Å². The van der Waals surface area contributed by atoms with E-state index < -0.39 is 5.82 Å². The van der Waals surface area contributed by atoms with Crippen molar-refractivity contribution in [3.05, 3.63) is 102 Å². The van der Waals surface area contributed by atoms with E-state index in [1.807, 2.05) is 6.07 Å². The minimum absolute atomic E-state index is 0.0909. The Bertz CT molecular complexity index is 1060. The van der Waals surface area contributed by atoms with Gasteiger partial charge in [-0.15, -0.1) is 0 Å². The highest BCUT2D eigenvalue weighted by atomic mass is 19.1. The van der Waals surface area contributed by atoms with Crippen molar-refractivity contribution in [3.63, 3.8) is 0 Å². The largest absolute Gasteiger partial charge is 0.486 e. The highest BCUT2D eigenvalue weighted by molar-refractivity contribution is 5.73. The Morgan fingerprint density at radius 2 is 1.94 bits per heavy atom. The average molecular weight is 417 g/mol. The van der Waals surface area contributed by atoms with Crippen molar-refractivity contribution in [1.82, 2.24) is 5.32 Å². The van der Waals surface area contributed by atoms with E-state index >= 15 is 4.39 Å². The molecule has 0 aliphatic rings. The van der Waals surface area contributed by atoms with Crippen LogP contribution < -0.4 is 14.8 Å². The van der Waals surface area contributed by atoms with Gasteiger partial charge in [0, 0.05) is 25.9 Å². The molecule has 6 heteroatoms. The van der Waals surface area contributed by atoms with Crippen molar-refractivity contribution >= 4 is 11.9 Å². The zero-order valence-electron chi connectivity index (χ0n) is 17.6. The molecular formula is C25H24FN3O2. The first kappa shape index (κ1) is 23.2. The Hall–Kier alpha value is -4.11. The summed E-state index contributed by atoms with van der Waals surface area (Å²) in [5, 5.41) is 11.9. The van der Waals surface area contributed by atoms with E-state index in [9.17, 15) is 0 Å². The molecule has 0 spiro atoms. The molecule has 2 rings (SSSR count). The van der Waals surface area contributed by atoms with Crippen LogP contribution in [0.25, 0.3) is 5.70 Å². The van der Waals surface area contributed by atoms with Gasteiger partial charge in [0.2, 0.25) is 0 Å². The summed E-state index contributed by atoms with van der Waals surface area (Å²) in [4.78, 5) is 3.88. The molecule has 0 saturated carbocycles. The van der Waals surface area contributed by atoms with Crippen LogP contribution in [0.1, 0.15) is 11.1 Å². The zero-order valence-corrected chi connectivity index (χ0v) is 17.6.